The van der Waals surface area contributed by atoms with Crippen molar-refractivity contribution < 1.29 is 31.8 Å². The maximum Gasteiger partial charge on any atom is 0.416 e. The van der Waals surface area contributed by atoms with Crippen LogP contribution in [0.1, 0.15) is 60.8 Å². The molecule has 0 bridgehead atoms. The number of rotatable bonds is 10. The lowest BCUT2D eigenvalue weighted by atomic mass is 9.92. The number of hydrogen-bond acceptors (Lipinski definition) is 4. The average molecular weight is 482 g/mol. The Kier molecular flexibility index (Phi) is 8.94. The molecule has 0 radical (unpaired) electrons. The summed E-state index contributed by atoms with van der Waals surface area (Å²) in [6, 6.07) is 9.50. The highest BCUT2D eigenvalue weighted by molar-refractivity contribution is 5.69. The van der Waals surface area contributed by atoms with E-state index in [9.17, 15) is 22.4 Å². The summed E-state index contributed by atoms with van der Waals surface area (Å²) < 4.78 is 64.5. The van der Waals surface area contributed by atoms with E-state index in [0.29, 0.717) is 18.5 Å². The summed E-state index contributed by atoms with van der Waals surface area (Å²) in [6.45, 7) is 2.56. The largest absolute Gasteiger partial charge is 0.494 e. The normalized spacial score (nSPS) is 18.2. The molecule has 0 unspecified atom stereocenters. The van der Waals surface area contributed by atoms with Gasteiger partial charge in [-0.3, -0.25) is 4.79 Å². The number of carbonyl (C=O) groups excluding carboxylic acids is 1. The van der Waals surface area contributed by atoms with Gasteiger partial charge >= 0.3 is 12.1 Å². The number of methoxy groups -OCH3 is 1. The molecular weight excluding hydrogens is 450 g/mol. The predicted molar refractivity (Wildman–Crippen MR) is 121 cm³/mol. The van der Waals surface area contributed by atoms with Crippen LogP contribution in [0, 0.1) is 5.82 Å². The van der Waals surface area contributed by atoms with Gasteiger partial charge in [-0.2, -0.15) is 13.2 Å². The van der Waals surface area contributed by atoms with E-state index in [2.05, 4.69) is 5.32 Å². The Balaban J connectivity index is 1.58. The zero-order chi connectivity index (χ0) is 24.7. The van der Waals surface area contributed by atoms with Gasteiger partial charge in [-0.15, -0.1) is 0 Å². The molecule has 4 nitrogen and oxygen atoms in total. The van der Waals surface area contributed by atoms with Gasteiger partial charge in [0, 0.05) is 12.5 Å². The van der Waals surface area contributed by atoms with E-state index in [1.165, 1.54) is 25.3 Å². The van der Waals surface area contributed by atoms with Gasteiger partial charge < -0.3 is 14.8 Å². The van der Waals surface area contributed by atoms with Gasteiger partial charge in [-0.1, -0.05) is 18.2 Å². The molecule has 1 fully saturated rings. The highest BCUT2D eigenvalue weighted by Gasteiger charge is 2.35. The second kappa shape index (κ2) is 11.7. The van der Waals surface area contributed by atoms with Crippen LogP contribution in [-0.2, 0) is 28.5 Å². The smallest absolute Gasteiger partial charge is 0.416 e. The Hall–Kier alpha value is -2.61. The Morgan fingerprint density at radius 2 is 1.91 bits per heavy atom. The molecule has 0 aliphatic heterocycles. The molecule has 0 saturated heterocycles. The van der Waals surface area contributed by atoms with Crippen LogP contribution in [0.3, 0.4) is 0 Å². The SMILES string of the molecule is CCOC(=O)CCc1ccc([C@@H]2CC[C@@H](NCCc3ccc(F)c(OC)c3)C2)cc1C(F)(F)F. The fourth-order valence-electron chi connectivity index (χ4n) is 4.55. The Bertz CT molecular complexity index is 977. The number of nitrogens with one attached hydrogen (secondary N) is 1. The third kappa shape index (κ3) is 6.95. The highest BCUT2D eigenvalue weighted by Crippen LogP contribution is 2.39. The number of halogens is 4. The van der Waals surface area contributed by atoms with Crippen LogP contribution in [0.5, 0.6) is 5.75 Å². The summed E-state index contributed by atoms with van der Waals surface area (Å²) in [5, 5.41) is 3.47. The first-order chi connectivity index (χ1) is 16.2. The topological polar surface area (TPSA) is 47.6 Å². The second-order valence-electron chi connectivity index (χ2n) is 8.60. The summed E-state index contributed by atoms with van der Waals surface area (Å²) in [6.07, 6.45) is -1.42. The van der Waals surface area contributed by atoms with E-state index < -0.39 is 23.5 Å². The van der Waals surface area contributed by atoms with E-state index in [1.54, 1.807) is 25.1 Å². The summed E-state index contributed by atoms with van der Waals surface area (Å²) in [5.74, 6) is -0.639. The number of ether oxygens (including phenoxy) is 2. The molecular formula is C26H31F4NO3. The standard InChI is InChI=1S/C26H31F4NO3/c1-3-34-25(32)11-8-18-5-6-20(16-22(18)26(28,29)30)19-7-9-21(15-19)31-13-12-17-4-10-23(27)24(14-17)33-2/h4-6,10,14,16,19,21,31H,3,7-9,11-13,15H2,1-2H3/t19-,21-/m1/s1. The Morgan fingerprint density at radius 3 is 2.62 bits per heavy atom. The monoisotopic (exact) mass is 481 g/mol. The van der Waals surface area contributed by atoms with Crippen molar-refractivity contribution in [1.82, 2.24) is 5.32 Å². The lowest BCUT2D eigenvalue weighted by molar-refractivity contribution is -0.144. The summed E-state index contributed by atoms with van der Waals surface area (Å²) in [5.41, 5.74) is 1.08. The van der Waals surface area contributed by atoms with E-state index in [1.807, 2.05) is 0 Å². The van der Waals surface area contributed by atoms with Gasteiger partial charge in [-0.25, -0.2) is 4.39 Å². The van der Waals surface area contributed by atoms with Crippen molar-refractivity contribution >= 4 is 5.97 Å². The van der Waals surface area contributed by atoms with Crippen molar-refractivity contribution in [2.45, 2.75) is 63.6 Å². The number of aryl methyl sites for hydroxylation is 1. The number of alkyl halides is 3. The van der Waals surface area contributed by atoms with Gasteiger partial charge in [0.1, 0.15) is 0 Å². The zero-order valence-electron chi connectivity index (χ0n) is 19.5. The quantitative estimate of drug-likeness (QED) is 0.343. The minimum Gasteiger partial charge on any atom is -0.494 e. The van der Waals surface area contributed by atoms with Crippen molar-refractivity contribution in [1.29, 1.82) is 0 Å². The number of esters is 1. The van der Waals surface area contributed by atoms with Crippen LogP contribution in [0.2, 0.25) is 0 Å². The van der Waals surface area contributed by atoms with Crippen LogP contribution in [0.15, 0.2) is 36.4 Å². The third-order valence-electron chi connectivity index (χ3n) is 6.31. The average Bonchev–Trinajstić information content (AvgIpc) is 3.27. The van der Waals surface area contributed by atoms with Gasteiger partial charge in [0.15, 0.2) is 11.6 Å². The van der Waals surface area contributed by atoms with Crippen LogP contribution >= 0.6 is 0 Å². The maximum atomic E-state index is 13.7. The zero-order valence-corrected chi connectivity index (χ0v) is 19.5. The first kappa shape index (κ1) is 26.0. The molecule has 0 heterocycles. The van der Waals surface area contributed by atoms with E-state index in [4.69, 9.17) is 9.47 Å². The molecule has 2 aromatic carbocycles. The number of hydrogen-bond donors (Lipinski definition) is 1. The third-order valence-corrected chi connectivity index (χ3v) is 6.31. The van der Waals surface area contributed by atoms with Crippen molar-refractivity contribution in [3.8, 4) is 5.75 Å². The molecule has 1 aliphatic carbocycles. The molecule has 3 rings (SSSR count). The van der Waals surface area contributed by atoms with Crippen LogP contribution in [-0.4, -0.2) is 32.3 Å². The molecule has 0 aromatic heterocycles. The molecule has 0 amide bonds. The van der Waals surface area contributed by atoms with Crippen LogP contribution in [0.25, 0.3) is 0 Å². The molecule has 34 heavy (non-hydrogen) atoms. The molecule has 8 heteroatoms. The fourth-order valence-corrected chi connectivity index (χ4v) is 4.55. The second-order valence-corrected chi connectivity index (χ2v) is 8.60. The number of benzene rings is 2. The van der Waals surface area contributed by atoms with Crippen LogP contribution < -0.4 is 10.1 Å². The van der Waals surface area contributed by atoms with E-state index >= 15 is 0 Å². The van der Waals surface area contributed by atoms with Gasteiger partial charge in [0.25, 0.3) is 0 Å². The van der Waals surface area contributed by atoms with E-state index in [-0.39, 0.29) is 42.7 Å². The van der Waals surface area contributed by atoms with Gasteiger partial charge in [0.2, 0.25) is 0 Å². The van der Waals surface area contributed by atoms with Gasteiger partial charge in [0.05, 0.1) is 19.3 Å². The Morgan fingerprint density at radius 1 is 1.12 bits per heavy atom. The van der Waals surface area contributed by atoms with Crippen LogP contribution in [0.4, 0.5) is 17.6 Å². The highest BCUT2D eigenvalue weighted by atomic mass is 19.4. The van der Waals surface area contributed by atoms with Gasteiger partial charge in [-0.05, 0) is 86.4 Å². The lowest BCUT2D eigenvalue weighted by Crippen LogP contribution is -2.28. The predicted octanol–water partition coefficient (Wildman–Crippen LogP) is 5.82. The molecule has 1 aliphatic rings. The molecule has 1 saturated carbocycles. The molecule has 2 atom stereocenters. The lowest BCUT2D eigenvalue weighted by Gasteiger charge is -2.18. The summed E-state index contributed by atoms with van der Waals surface area (Å²) in [4.78, 5) is 11.6. The summed E-state index contributed by atoms with van der Waals surface area (Å²) in [7, 11) is 1.43. The summed E-state index contributed by atoms with van der Waals surface area (Å²) >= 11 is 0. The maximum absolute atomic E-state index is 13.7. The molecule has 1 N–H and O–H groups in total. The first-order valence-electron chi connectivity index (χ1n) is 11.6. The minimum absolute atomic E-state index is 0.00300. The number of carbonyl (C=O) groups is 1. The molecule has 2 aromatic rings. The van der Waals surface area contributed by atoms with E-state index in [0.717, 1.165) is 24.8 Å². The van der Waals surface area contributed by atoms with Crippen molar-refractivity contribution in [3.63, 3.8) is 0 Å². The van der Waals surface area contributed by atoms with Crippen molar-refractivity contribution in [2.75, 3.05) is 20.3 Å². The fraction of sp³-hybridized carbons (Fsp3) is 0.500. The Labute approximate surface area is 197 Å². The molecule has 186 valence electrons. The first-order valence-corrected chi connectivity index (χ1v) is 11.6. The van der Waals surface area contributed by atoms with Crippen molar-refractivity contribution in [3.05, 3.63) is 64.5 Å². The molecule has 0 spiro atoms. The van der Waals surface area contributed by atoms with Crippen molar-refractivity contribution in [2.24, 2.45) is 0 Å². The minimum atomic E-state index is -4.48.